The maximum absolute atomic E-state index is 5.81. The third-order valence-electron chi connectivity index (χ3n) is 4.31. The lowest BCUT2D eigenvalue weighted by atomic mass is 10.0. The summed E-state index contributed by atoms with van der Waals surface area (Å²) in [5.41, 5.74) is 2.28. The van der Waals surface area contributed by atoms with Crippen molar-refractivity contribution in [2.75, 3.05) is 25.9 Å². The highest BCUT2D eigenvalue weighted by Crippen LogP contribution is 2.25. The molecule has 5 nitrogen and oxygen atoms in total. The van der Waals surface area contributed by atoms with Crippen LogP contribution in [0.2, 0.25) is 0 Å². The Hall–Kier alpha value is -1.53. The van der Waals surface area contributed by atoms with Crippen LogP contribution < -0.4 is 4.74 Å². The smallest absolute Gasteiger partial charge is 0.276 e. The van der Waals surface area contributed by atoms with Gasteiger partial charge in [-0.3, -0.25) is 0 Å². The quantitative estimate of drug-likeness (QED) is 0.743. The van der Waals surface area contributed by atoms with E-state index in [0.29, 0.717) is 23.6 Å². The van der Waals surface area contributed by atoms with Crippen molar-refractivity contribution in [2.24, 2.45) is 5.92 Å². The Kier molecular flexibility index (Phi) is 5.79. The fourth-order valence-electron chi connectivity index (χ4n) is 2.96. The van der Waals surface area contributed by atoms with Gasteiger partial charge in [-0.2, -0.15) is 0 Å². The average Bonchev–Trinajstić information content (AvgIpc) is 3.02. The molecule has 1 aromatic heterocycles. The Bertz CT molecular complexity index is 674. The first kappa shape index (κ1) is 17.3. The maximum Gasteiger partial charge on any atom is 0.276 e. The highest BCUT2D eigenvalue weighted by molar-refractivity contribution is 7.99. The van der Waals surface area contributed by atoms with E-state index in [1.165, 1.54) is 24.9 Å². The largest absolute Gasteiger partial charge is 0.484 e. The minimum absolute atomic E-state index is 0.310. The molecule has 1 fully saturated rings. The van der Waals surface area contributed by atoms with E-state index in [4.69, 9.17) is 9.15 Å². The lowest BCUT2D eigenvalue weighted by Crippen LogP contribution is -2.33. The van der Waals surface area contributed by atoms with Gasteiger partial charge in [-0.25, -0.2) is 0 Å². The van der Waals surface area contributed by atoms with Gasteiger partial charge in [0.15, 0.2) is 6.61 Å². The van der Waals surface area contributed by atoms with E-state index in [9.17, 15) is 0 Å². The second kappa shape index (κ2) is 8.03. The van der Waals surface area contributed by atoms with Gasteiger partial charge >= 0.3 is 0 Å². The van der Waals surface area contributed by atoms with Crippen LogP contribution in [-0.2, 0) is 6.61 Å². The number of hydrogen-bond acceptors (Lipinski definition) is 6. The van der Waals surface area contributed by atoms with Gasteiger partial charge in [0.1, 0.15) is 5.75 Å². The molecule has 0 saturated carbocycles. The van der Waals surface area contributed by atoms with E-state index in [0.717, 1.165) is 23.6 Å². The summed E-state index contributed by atoms with van der Waals surface area (Å²) < 4.78 is 11.5. The van der Waals surface area contributed by atoms with Crippen LogP contribution in [0.5, 0.6) is 5.75 Å². The zero-order valence-electron chi connectivity index (χ0n) is 14.6. The molecule has 6 heteroatoms. The fourth-order valence-corrected chi connectivity index (χ4v) is 3.86. The number of aromatic nitrogens is 2. The summed E-state index contributed by atoms with van der Waals surface area (Å²) in [7, 11) is 2.19. The summed E-state index contributed by atoms with van der Waals surface area (Å²) >= 11 is 1.65. The van der Waals surface area contributed by atoms with E-state index >= 15 is 0 Å². The monoisotopic (exact) mass is 347 g/mol. The molecule has 0 aliphatic carbocycles. The molecule has 0 amide bonds. The normalized spacial score (nSPS) is 18.7. The lowest BCUT2D eigenvalue weighted by molar-refractivity contribution is 0.224. The molecule has 0 unspecified atom stereocenters. The maximum atomic E-state index is 5.81. The number of likely N-dealkylation sites (tertiary alicyclic amines) is 1. The Labute approximate surface area is 147 Å². The molecule has 2 aromatic rings. The molecule has 130 valence electrons. The van der Waals surface area contributed by atoms with E-state index in [2.05, 4.69) is 41.2 Å². The van der Waals surface area contributed by atoms with Crippen molar-refractivity contribution >= 4 is 11.8 Å². The molecule has 1 atom stereocenters. The average molecular weight is 347 g/mol. The van der Waals surface area contributed by atoms with Crippen LogP contribution in [0, 0.1) is 19.8 Å². The summed E-state index contributed by atoms with van der Waals surface area (Å²) in [6, 6.07) is 6.16. The van der Waals surface area contributed by atoms with Crippen LogP contribution in [-0.4, -0.2) is 41.0 Å². The molecule has 1 saturated heterocycles. The molecule has 3 rings (SSSR count). The van der Waals surface area contributed by atoms with E-state index in [-0.39, 0.29) is 0 Å². The first-order valence-corrected chi connectivity index (χ1v) is 9.42. The van der Waals surface area contributed by atoms with Gasteiger partial charge in [-0.1, -0.05) is 23.9 Å². The number of hydrogen-bond donors (Lipinski definition) is 0. The van der Waals surface area contributed by atoms with Gasteiger partial charge in [-0.05, 0) is 63.4 Å². The van der Waals surface area contributed by atoms with Crippen LogP contribution >= 0.6 is 11.8 Å². The predicted octanol–water partition coefficient (Wildman–Crippen LogP) is 3.70. The standard InChI is InChI=1S/C18H25N3O2S/c1-13-6-7-14(2)16(9-13)22-11-17-19-20-18(23-17)24-12-15-5-4-8-21(3)10-15/h6-7,9,15H,4-5,8,10-12H2,1-3H3/t15-/m1/s1. The highest BCUT2D eigenvalue weighted by Gasteiger charge is 2.18. The molecule has 0 spiro atoms. The van der Waals surface area contributed by atoms with Gasteiger partial charge in [0.2, 0.25) is 0 Å². The van der Waals surface area contributed by atoms with Crippen molar-refractivity contribution in [1.82, 2.24) is 15.1 Å². The van der Waals surface area contributed by atoms with Gasteiger partial charge in [0.05, 0.1) is 0 Å². The van der Waals surface area contributed by atoms with Gasteiger partial charge in [0, 0.05) is 12.3 Å². The van der Waals surface area contributed by atoms with Crippen LogP contribution in [0.25, 0.3) is 0 Å². The summed E-state index contributed by atoms with van der Waals surface area (Å²) in [5.74, 6) is 3.13. The van der Waals surface area contributed by atoms with Gasteiger partial charge in [-0.15, -0.1) is 10.2 Å². The van der Waals surface area contributed by atoms with Gasteiger partial charge in [0.25, 0.3) is 11.1 Å². The number of nitrogens with zero attached hydrogens (tertiary/aromatic N) is 3. The molecular weight excluding hydrogens is 322 g/mol. The van der Waals surface area contributed by atoms with Crippen molar-refractivity contribution in [3.8, 4) is 5.75 Å². The second-order valence-electron chi connectivity index (χ2n) is 6.60. The minimum atomic E-state index is 0.310. The topological polar surface area (TPSA) is 51.4 Å². The Balaban J connectivity index is 1.49. The summed E-state index contributed by atoms with van der Waals surface area (Å²) in [6.45, 7) is 6.76. The fraction of sp³-hybridized carbons (Fsp3) is 0.556. The van der Waals surface area contributed by atoms with Crippen LogP contribution in [0.3, 0.4) is 0 Å². The molecule has 24 heavy (non-hydrogen) atoms. The first-order chi connectivity index (χ1) is 11.6. The third-order valence-corrected chi connectivity index (χ3v) is 5.36. The number of thioether (sulfide) groups is 1. The molecular formula is C18H25N3O2S. The molecule has 1 aliphatic rings. The van der Waals surface area contributed by atoms with Crippen molar-refractivity contribution in [1.29, 1.82) is 0 Å². The van der Waals surface area contributed by atoms with Crippen LogP contribution in [0.1, 0.15) is 29.9 Å². The third kappa shape index (κ3) is 4.74. The summed E-state index contributed by atoms with van der Waals surface area (Å²) in [5, 5.41) is 8.86. The zero-order chi connectivity index (χ0) is 16.9. The van der Waals surface area contributed by atoms with Crippen molar-refractivity contribution in [3.63, 3.8) is 0 Å². The SMILES string of the molecule is Cc1ccc(C)c(OCc2nnc(SC[C@@H]3CCCN(C)C3)o2)c1. The van der Waals surface area contributed by atoms with Crippen molar-refractivity contribution in [2.45, 2.75) is 38.5 Å². The molecule has 0 N–H and O–H groups in total. The second-order valence-corrected chi connectivity index (χ2v) is 7.57. The molecule has 1 aliphatic heterocycles. The van der Waals surface area contributed by atoms with E-state index in [1.54, 1.807) is 11.8 Å². The van der Waals surface area contributed by atoms with Gasteiger partial charge < -0.3 is 14.1 Å². The number of aryl methyl sites for hydroxylation is 2. The molecule has 0 radical (unpaired) electrons. The Morgan fingerprint density at radius 3 is 3.04 bits per heavy atom. The molecule has 1 aromatic carbocycles. The van der Waals surface area contributed by atoms with Crippen LogP contribution in [0.15, 0.2) is 27.8 Å². The van der Waals surface area contributed by atoms with Crippen molar-refractivity contribution in [3.05, 3.63) is 35.2 Å². The predicted molar refractivity (Wildman–Crippen MR) is 95.5 cm³/mol. The zero-order valence-corrected chi connectivity index (χ0v) is 15.4. The number of piperidine rings is 1. The minimum Gasteiger partial charge on any atom is -0.484 e. The number of rotatable bonds is 6. The summed E-state index contributed by atoms with van der Waals surface area (Å²) in [4.78, 5) is 2.39. The highest BCUT2D eigenvalue weighted by atomic mass is 32.2. The Morgan fingerprint density at radius 1 is 1.33 bits per heavy atom. The lowest BCUT2D eigenvalue weighted by Gasteiger charge is -2.28. The summed E-state index contributed by atoms with van der Waals surface area (Å²) in [6.07, 6.45) is 2.56. The number of benzene rings is 1. The first-order valence-electron chi connectivity index (χ1n) is 8.44. The van der Waals surface area contributed by atoms with Crippen LogP contribution in [0.4, 0.5) is 0 Å². The number of ether oxygens (including phenoxy) is 1. The van der Waals surface area contributed by atoms with Crippen molar-refractivity contribution < 1.29 is 9.15 Å². The Morgan fingerprint density at radius 2 is 2.21 bits per heavy atom. The van der Waals surface area contributed by atoms with E-state index < -0.39 is 0 Å². The molecule has 2 heterocycles. The van der Waals surface area contributed by atoms with E-state index in [1.807, 2.05) is 13.0 Å². The molecule has 0 bridgehead atoms.